The van der Waals surface area contributed by atoms with E-state index in [9.17, 15) is 4.79 Å². The molecule has 0 radical (unpaired) electrons. The zero-order valence-electron chi connectivity index (χ0n) is 14.2. The topological polar surface area (TPSA) is 59.8 Å². The summed E-state index contributed by atoms with van der Waals surface area (Å²) in [5.74, 6) is 0. The van der Waals surface area contributed by atoms with Gasteiger partial charge in [0.2, 0.25) is 0 Å². The van der Waals surface area contributed by atoms with Crippen molar-refractivity contribution >= 4 is 5.69 Å². The van der Waals surface area contributed by atoms with Gasteiger partial charge in [0.15, 0.2) is 0 Å². The second-order valence-corrected chi connectivity index (χ2v) is 7.09. The van der Waals surface area contributed by atoms with Crippen molar-refractivity contribution in [1.29, 1.82) is 0 Å². The van der Waals surface area contributed by atoms with Crippen LogP contribution in [0.15, 0.2) is 29.2 Å². The Balaban J connectivity index is 1.42. The van der Waals surface area contributed by atoms with Gasteiger partial charge in [-0.2, -0.15) is 5.10 Å². The smallest absolute Gasteiger partial charge is 0.267 e. The molecular formula is C19H24N4O. The Bertz CT molecular complexity index is 790. The SMILES string of the molecule is Cc1cc(NC2CCC(n3nc4c(cc3=O)CCC4)CC2)ccn1. The Hall–Kier alpha value is -2.17. The van der Waals surface area contributed by atoms with E-state index in [0.717, 1.165) is 62.0 Å². The first-order valence-corrected chi connectivity index (χ1v) is 9.00. The van der Waals surface area contributed by atoms with Crippen LogP contribution < -0.4 is 10.9 Å². The van der Waals surface area contributed by atoms with Crippen LogP contribution in [-0.2, 0) is 12.8 Å². The van der Waals surface area contributed by atoms with E-state index in [-0.39, 0.29) is 11.6 Å². The molecule has 0 aliphatic heterocycles. The average molecular weight is 324 g/mol. The van der Waals surface area contributed by atoms with E-state index >= 15 is 0 Å². The lowest BCUT2D eigenvalue weighted by molar-refractivity contribution is 0.302. The zero-order chi connectivity index (χ0) is 16.5. The van der Waals surface area contributed by atoms with Gasteiger partial charge >= 0.3 is 0 Å². The molecule has 5 nitrogen and oxygen atoms in total. The summed E-state index contributed by atoms with van der Waals surface area (Å²) in [6.45, 7) is 2.01. The van der Waals surface area contributed by atoms with Gasteiger partial charge in [0.05, 0.1) is 11.7 Å². The first-order chi connectivity index (χ1) is 11.7. The van der Waals surface area contributed by atoms with E-state index in [1.165, 1.54) is 5.56 Å². The lowest BCUT2D eigenvalue weighted by Crippen LogP contribution is -2.33. The molecule has 2 aliphatic carbocycles. The van der Waals surface area contributed by atoms with Gasteiger partial charge in [0.1, 0.15) is 0 Å². The minimum atomic E-state index is 0.0804. The van der Waals surface area contributed by atoms with Crippen LogP contribution in [0.4, 0.5) is 5.69 Å². The molecule has 0 saturated heterocycles. The van der Waals surface area contributed by atoms with Crippen molar-refractivity contribution in [1.82, 2.24) is 14.8 Å². The Labute approximate surface area is 142 Å². The van der Waals surface area contributed by atoms with Crippen LogP contribution in [-0.4, -0.2) is 20.8 Å². The molecule has 0 atom stereocenters. The molecule has 2 heterocycles. The number of nitrogens with one attached hydrogen (secondary N) is 1. The van der Waals surface area contributed by atoms with Gasteiger partial charge < -0.3 is 5.32 Å². The predicted octanol–water partition coefficient (Wildman–Crippen LogP) is 3.03. The summed E-state index contributed by atoms with van der Waals surface area (Å²) >= 11 is 0. The summed E-state index contributed by atoms with van der Waals surface area (Å²) in [4.78, 5) is 16.6. The summed E-state index contributed by atoms with van der Waals surface area (Å²) in [5, 5.41) is 8.27. The maximum absolute atomic E-state index is 12.4. The molecule has 0 unspecified atom stereocenters. The van der Waals surface area contributed by atoms with Crippen molar-refractivity contribution in [3.8, 4) is 0 Å². The maximum Gasteiger partial charge on any atom is 0.267 e. The van der Waals surface area contributed by atoms with Crippen LogP contribution in [0, 0.1) is 6.92 Å². The van der Waals surface area contributed by atoms with E-state index in [4.69, 9.17) is 0 Å². The average Bonchev–Trinajstić information content (AvgIpc) is 3.02. The number of pyridine rings is 1. The molecule has 2 aromatic rings. The highest BCUT2D eigenvalue weighted by atomic mass is 16.1. The third kappa shape index (κ3) is 3.07. The standard InChI is InChI=1S/C19H24N4O/c1-13-11-16(9-10-20-13)21-15-5-7-17(8-6-15)23-19(24)12-14-3-2-4-18(14)22-23/h9-12,15,17H,2-8H2,1H3,(H,20,21). The third-order valence-corrected chi connectivity index (χ3v) is 5.29. The van der Waals surface area contributed by atoms with Crippen molar-refractivity contribution in [2.45, 2.75) is 64.0 Å². The molecule has 2 aromatic heterocycles. The number of hydrogen-bond acceptors (Lipinski definition) is 4. The summed E-state index contributed by atoms with van der Waals surface area (Å²) in [5.41, 5.74) is 4.56. The van der Waals surface area contributed by atoms with E-state index < -0.39 is 0 Å². The fraction of sp³-hybridized carbons (Fsp3) is 0.526. The van der Waals surface area contributed by atoms with Gasteiger partial charge in [-0.3, -0.25) is 9.78 Å². The predicted molar refractivity (Wildman–Crippen MR) is 94.4 cm³/mol. The molecule has 0 amide bonds. The molecule has 1 saturated carbocycles. The molecular weight excluding hydrogens is 300 g/mol. The summed E-state index contributed by atoms with van der Waals surface area (Å²) in [7, 11) is 0. The highest BCUT2D eigenvalue weighted by Gasteiger charge is 2.25. The fourth-order valence-corrected chi connectivity index (χ4v) is 4.01. The maximum atomic E-state index is 12.4. The number of fused-ring (bicyclic) bond motifs is 1. The quantitative estimate of drug-likeness (QED) is 0.943. The minimum absolute atomic E-state index is 0.0804. The fourth-order valence-electron chi connectivity index (χ4n) is 4.01. The van der Waals surface area contributed by atoms with Crippen LogP contribution in [0.2, 0.25) is 0 Å². The second kappa shape index (κ2) is 6.38. The Kier molecular flexibility index (Phi) is 4.08. The van der Waals surface area contributed by atoms with Gasteiger partial charge in [-0.05, 0) is 69.6 Å². The highest BCUT2D eigenvalue weighted by molar-refractivity contribution is 5.43. The van der Waals surface area contributed by atoms with Crippen molar-refractivity contribution in [3.05, 3.63) is 51.7 Å². The van der Waals surface area contributed by atoms with Gasteiger partial charge in [0, 0.05) is 29.7 Å². The number of nitrogens with zero attached hydrogens (tertiary/aromatic N) is 3. The van der Waals surface area contributed by atoms with Crippen LogP contribution in [0.25, 0.3) is 0 Å². The summed E-state index contributed by atoms with van der Waals surface area (Å²) in [6, 6.07) is 6.64. The molecule has 0 bridgehead atoms. The molecule has 24 heavy (non-hydrogen) atoms. The van der Waals surface area contributed by atoms with Crippen LogP contribution >= 0.6 is 0 Å². The zero-order valence-corrected chi connectivity index (χ0v) is 14.2. The van der Waals surface area contributed by atoms with Crippen molar-refractivity contribution < 1.29 is 0 Å². The number of rotatable bonds is 3. The highest BCUT2D eigenvalue weighted by Crippen LogP contribution is 2.29. The normalized spacial score (nSPS) is 23.0. The number of hydrogen-bond donors (Lipinski definition) is 1. The molecule has 2 aliphatic rings. The lowest BCUT2D eigenvalue weighted by atomic mass is 9.91. The summed E-state index contributed by atoms with van der Waals surface area (Å²) < 4.78 is 1.76. The van der Waals surface area contributed by atoms with Crippen molar-refractivity contribution in [3.63, 3.8) is 0 Å². The van der Waals surface area contributed by atoms with E-state index in [1.54, 1.807) is 4.68 Å². The van der Waals surface area contributed by atoms with E-state index in [0.29, 0.717) is 6.04 Å². The van der Waals surface area contributed by atoms with Crippen LogP contribution in [0.3, 0.4) is 0 Å². The number of aromatic nitrogens is 3. The molecule has 126 valence electrons. The molecule has 0 spiro atoms. The molecule has 1 fully saturated rings. The largest absolute Gasteiger partial charge is 0.382 e. The molecule has 0 aromatic carbocycles. The number of anilines is 1. The molecule has 5 heteroatoms. The van der Waals surface area contributed by atoms with Crippen LogP contribution in [0.1, 0.15) is 55.1 Å². The molecule has 1 N–H and O–H groups in total. The Morgan fingerprint density at radius 3 is 2.79 bits per heavy atom. The Morgan fingerprint density at radius 2 is 2.00 bits per heavy atom. The second-order valence-electron chi connectivity index (χ2n) is 7.09. The monoisotopic (exact) mass is 324 g/mol. The van der Waals surface area contributed by atoms with E-state index in [1.807, 2.05) is 25.3 Å². The van der Waals surface area contributed by atoms with Crippen molar-refractivity contribution in [2.75, 3.05) is 5.32 Å². The van der Waals surface area contributed by atoms with Crippen LogP contribution in [0.5, 0.6) is 0 Å². The van der Waals surface area contributed by atoms with E-state index in [2.05, 4.69) is 21.5 Å². The first-order valence-electron chi connectivity index (χ1n) is 9.00. The van der Waals surface area contributed by atoms with Gasteiger partial charge in [0.25, 0.3) is 5.56 Å². The third-order valence-electron chi connectivity index (χ3n) is 5.29. The first kappa shape index (κ1) is 15.4. The number of aryl methyl sites for hydroxylation is 3. The molecule has 4 rings (SSSR count). The van der Waals surface area contributed by atoms with Gasteiger partial charge in [-0.1, -0.05) is 0 Å². The lowest BCUT2D eigenvalue weighted by Gasteiger charge is -2.30. The van der Waals surface area contributed by atoms with Gasteiger partial charge in [-0.25, -0.2) is 4.68 Å². The Morgan fingerprint density at radius 1 is 1.17 bits per heavy atom. The van der Waals surface area contributed by atoms with Gasteiger partial charge in [-0.15, -0.1) is 0 Å². The summed E-state index contributed by atoms with van der Waals surface area (Å²) in [6.07, 6.45) is 9.16. The van der Waals surface area contributed by atoms with Crippen molar-refractivity contribution in [2.24, 2.45) is 0 Å². The minimum Gasteiger partial charge on any atom is -0.382 e.